The van der Waals surface area contributed by atoms with Crippen molar-refractivity contribution in [1.29, 1.82) is 0 Å². The molecule has 3 fully saturated rings. The number of hydrogen-bond acceptors (Lipinski definition) is 8. The summed E-state index contributed by atoms with van der Waals surface area (Å²) in [6.07, 6.45) is 12.8. The van der Waals surface area contributed by atoms with E-state index in [0.29, 0.717) is 37.2 Å². The lowest BCUT2D eigenvalue weighted by Gasteiger charge is -2.43. The zero-order valence-electron chi connectivity index (χ0n) is 28.7. The molecule has 2 saturated heterocycles. The van der Waals surface area contributed by atoms with E-state index in [-0.39, 0.29) is 29.8 Å². The highest BCUT2D eigenvalue weighted by Gasteiger charge is 2.41. The Labute approximate surface area is 296 Å². The maximum atomic E-state index is 14.2. The molecule has 2 aliphatic heterocycles. The Morgan fingerprint density at radius 1 is 0.960 bits per heavy atom. The summed E-state index contributed by atoms with van der Waals surface area (Å²) >= 11 is 1.70. The molecular formula is C39H45N7O3S. The summed E-state index contributed by atoms with van der Waals surface area (Å²) in [6.45, 7) is 6.41. The second kappa shape index (κ2) is 13.8. The van der Waals surface area contributed by atoms with Crippen LogP contribution < -0.4 is 5.56 Å². The minimum Gasteiger partial charge on any atom is -0.388 e. The normalized spacial score (nSPS) is 21.4. The van der Waals surface area contributed by atoms with Crippen molar-refractivity contribution in [3.63, 3.8) is 0 Å². The van der Waals surface area contributed by atoms with Crippen LogP contribution in [0.1, 0.15) is 60.6 Å². The molecule has 0 bridgehead atoms. The number of amides is 1. The lowest BCUT2D eigenvalue weighted by Crippen LogP contribution is -2.53. The molecule has 0 unspecified atom stereocenters. The molecule has 260 valence electrons. The fourth-order valence-corrected chi connectivity index (χ4v) is 8.94. The first-order valence-electron chi connectivity index (χ1n) is 18.0. The molecule has 6 heterocycles. The third-order valence-electron chi connectivity index (χ3n) is 11.2. The summed E-state index contributed by atoms with van der Waals surface area (Å²) in [6, 6.07) is 16.4. The van der Waals surface area contributed by atoms with Crippen LogP contribution in [0.2, 0.25) is 0 Å². The Kier molecular flexibility index (Phi) is 9.13. The first-order chi connectivity index (χ1) is 24.3. The Morgan fingerprint density at radius 2 is 1.78 bits per heavy atom. The van der Waals surface area contributed by atoms with Gasteiger partial charge in [0.15, 0.2) is 0 Å². The van der Waals surface area contributed by atoms with E-state index in [1.807, 2.05) is 48.6 Å². The molecule has 0 radical (unpaired) electrons. The van der Waals surface area contributed by atoms with Gasteiger partial charge in [-0.05, 0) is 75.3 Å². The predicted molar refractivity (Wildman–Crippen MR) is 195 cm³/mol. The number of hydrogen-bond donors (Lipinski definition) is 1. The molecule has 50 heavy (non-hydrogen) atoms. The number of aliphatic hydroxyl groups is 1. The highest BCUT2D eigenvalue weighted by Crippen LogP contribution is 2.37. The molecule has 8 rings (SSSR count). The number of nitrogens with zero attached hydrogens (tertiary/aromatic N) is 7. The third kappa shape index (κ3) is 6.78. The molecule has 11 heteroatoms. The highest BCUT2D eigenvalue weighted by atomic mass is 32.1. The Balaban J connectivity index is 0.916. The summed E-state index contributed by atoms with van der Waals surface area (Å²) in [5.41, 5.74) is 2.74. The first-order valence-corrected chi connectivity index (χ1v) is 18.8. The van der Waals surface area contributed by atoms with Crippen molar-refractivity contribution in [3.8, 4) is 10.6 Å². The smallest absolute Gasteiger partial charge is 0.262 e. The van der Waals surface area contributed by atoms with Gasteiger partial charge in [-0.3, -0.25) is 24.0 Å². The highest BCUT2D eigenvalue weighted by molar-refractivity contribution is 7.15. The van der Waals surface area contributed by atoms with Crippen molar-refractivity contribution >= 4 is 28.3 Å². The van der Waals surface area contributed by atoms with Gasteiger partial charge in [0.25, 0.3) is 5.56 Å². The fraction of sp³-hybridized carbons (Fsp3) is 0.462. The molecule has 5 aromatic rings. The second-order valence-electron chi connectivity index (χ2n) is 14.7. The van der Waals surface area contributed by atoms with Crippen LogP contribution >= 0.6 is 11.3 Å². The number of fused-ring (bicyclic) bond motifs is 1. The van der Waals surface area contributed by atoms with Gasteiger partial charge in [-0.2, -0.15) is 0 Å². The van der Waals surface area contributed by atoms with Crippen molar-refractivity contribution < 1.29 is 9.90 Å². The van der Waals surface area contributed by atoms with Crippen molar-refractivity contribution in [2.45, 2.75) is 76.6 Å². The monoisotopic (exact) mass is 691 g/mol. The van der Waals surface area contributed by atoms with Crippen LogP contribution in [0.4, 0.5) is 0 Å². The summed E-state index contributed by atoms with van der Waals surface area (Å²) in [7, 11) is 0. The van der Waals surface area contributed by atoms with E-state index in [2.05, 4.69) is 54.8 Å². The van der Waals surface area contributed by atoms with E-state index in [9.17, 15) is 14.7 Å². The van der Waals surface area contributed by atoms with Gasteiger partial charge in [0.2, 0.25) is 5.91 Å². The van der Waals surface area contributed by atoms with Crippen molar-refractivity contribution in [2.24, 2.45) is 11.8 Å². The van der Waals surface area contributed by atoms with E-state index < -0.39 is 5.60 Å². The predicted octanol–water partition coefficient (Wildman–Crippen LogP) is 5.48. The number of carbonyl (C=O) groups excluding carboxylic acids is 1. The van der Waals surface area contributed by atoms with Gasteiger partial charge in [0.1, 0.15) is 17.0 Å². The summed E-state index contributed by atoms with van der Waals surface area (Å²) in [5, 5.41) is 13.2. The molecule has 4 aromatic heterocycles. The summed E-state index contributed by atoms with van der Waals surface area (Å²) in [4.78, 5) is 47.0. The van der Waals surface area contributed by atoms with E-state index >= 15 is 0 Å². The number of likely N-dealkylation sites (tertiary alicyclic amines) is 2. The quantitative estimate of drug-likeness (QED) is 0.218. The topological polar surface area (TPSA) is 109 Å². The van der Waals surface area contributed by atoms with Crippen LogP contribution in [0, 0.1) is 18.8 Å². The number of thiazole rings is 1. The Morgan fingerprint density at radius 3 is 2.52 bits per heavy atom. The van der Waals surface area contributed by atoms with Crippen molar-refractivity contribution in [1.82, 2.24) is 33.9 Å². The Bertz CT molecular complexity index is 2010. The number of pyridine rings is 1. The van der Waals surface area contributed by atoms with Gasteiger partial charge >= 0.3 is 0 Å². The molecule has 10 nitrogen and oxygen atoms in total. The van der Waals surface area contributed by atoms with Crippen LogP contribution in [-0.2, 0) is 24.4 Å². The van der Waals surface area contributed by atoms with Gasteiger partial charge in [-0.15, -0.1) is 11.3 Å². The molecule has 1 aliphatic carbocycles. The van der Waals surface area contributed by atoms with Crippen LogP contribution in [-0.4, -0.2) is 76.7 Å². The minimum absolute atomic E-state index is 0.0694. The van der Waals surface area contributed by atoms with Gasteiger partial charge in [0.05, 0.1) is 17.5 Å². The molecule has 1 amide bonds. The Hall–Kier alpha value is -4.19. The van der Waals surface area contributed by atoms with Gasteiger partial charge in [-0.25, -0.2) is 9.97 Å². The molecule has 2 atom stereocenters. The minimum atomic E-state index is -1.07. The number of benzene rings is 1. The summed E-state index contributed by atoms with van der Waals surface area (Å²) < 4.78 is 3.65. The van der Waals surface area contributed by atoms with Crippen molar-refractivity contribution in [2.75, 3.05) is 26.2 Å². The standard InChI is InChI=1S/C39H45N7O3S/c1-27-10-11-30(20-40-27)36-41-21-31(50-36)23-43-16-12-32(34(24-43)29-8-3-2-4-9-29)37(47)44-18-14-39(49,15-19-44)25-46-26-42-35-33(38(46)48)13-17-45(35)22-28-6-5-7-28/h2-4,8-11,13,17,20-21,26,28,32,34,49H,5-7,12,14-16,18-19,22-25H2,1H3/t32-,34+/m1/s1. The van der Waals surface area contributed by atoms with Gasteiger partial charge in [-0.1, -0.05) is 36.8 Å². The van der Waals surface area contributed by atoms with Crippen LogP contribution in [0.3, 0.4) is 0 Å². The van der Waals surface area contributed by atoms with Crippen LogP contribution in [0.15, 0.2) is 78.2 Å². The lowest BCUT2D eigenvalue weighted by molar-refractivity contribution is -0.142. The summed E-state index contributed by atoms with van der Waals surface area (Å²) in [5.74, 6) is 0.772. The third-order valence-corrected chi connectivity index (χ3v) is 12.3. The van der Waals surface area contributed by atoms with Crippen LogP contribution in [0.25, 0.3) is 21.6 Å². The molecule has 3 aliphatic rings. The largest absolute Gasteiger partial charge is 0.388 e. The molecule has 0 spiro atoms. The van der Waals surface area contributed by atoms with E-state index in [1.54, 1.807) is 22.2 Å². The maximum absolute atomic E-state index is 14.2. The fourth-order valence-electron chi connectivity index (χ4n) is 8.00. The number of rotatable bonds is 9. The molecule has 1 saturated carbocycles. The average molecular weight is 692 g/mol. The van der Waals surface area contributed by atoms with Crippen molar-refractivity contribution in [3.05, 3.63) is 99.9 Å². The zero-order chi connectivity index (χ0) is 34.2. The molecule has 1 N–H and O–H groups in total. The SMILES string of the molecule is Cc1ccc(-c2ncc(CN3CC[C@@H](C(=O)N4CCC(O)(Cn5cnc6c(ccn6CC6CCC6)c5=O)CC4)[C@H](c4ccccc4)C3)s2)cn1. The number of piperidine rings is 2. The zero-order valence-corrected chi connectivity index (χ0v) is 29.5. The van der Waals surface area contributed by atoms with Gasteiger partial charge in [0, 0.05) is 79.3 Å². The van der Waals surface area contributed by atoms with Gasteiger partial charge < -0.3 is 14.6 Å². The number of aromatic nitrogens is 5. The van der Waals surface area contributed by atoms with Crippen LogP contribution in [0.5, 0.6) is 0 Å². The number of carbonyl (C=O) groups is 1. The maximum Gasteiger partial charge on any atom is 0.262 e. The molecular weight excluding hydrogens is 647 g/mol. The number of aryl methyl sites for hydroxylation is 1. The second-order valence-corrected chi connectivity index (χ2v) is 15.8. The van der Waals surface area contributed by atoms with E-state index in [4.69, 9.17) is 0 Å². The van der Waals surface area contributed by atoms with E-state index in [1.165, 1.54) is 29.7 Å². The molecule has 1 aromatic carbocycles. The average Bonchev–Trinajstić information content (AvgIpc) is 3.76. The van der Waals surface area contributed by atoms with E-state index in [0.717, 1.165) is 54.5 Å². The lowest BCUT2D eigenvalue weighted by atomic mass is 9.79. The first kappa shape index (κ1) is 33.0.